The fourth-order valence-corrected chi connectivity index (χ4v) is 2.21. The van der Waals surface area contributed by atoms with E-state index in [1.54, 1.807) is 13.8 Å². The molecule has 6 nitrogen and oxygen atoms in total. The zero-order valence-corrected chi connectivity index (χ0v) is 12.0. The van der Waals surface area contributed by atoms with Crippen molar-refractivity contribution >= 4 is 12.0 Å². The molecule has 110 valence electrons. The molecule has 1 saturated heterocycles. The maximum atomic E-state index is 11.7. The lowest BCUT2D eigenvalue weighted by atomic mass is 9.97. The number of piperidine rings is 1. The SMILES string of the molecule is CC(C)C(NC(=O)NCC1CCN(C)CC1)C(=O)O. The van der Waals surface area contributed by atoms with Crippen LogP contribution in [0.1, 0.15) is 26.7 Å². The summed E-state index contributed by atoms with van der Waals surface area (Å²) in [4.78, 5) is 24.9. The maximum absolute atomic E-state index is 11.7. The number of likely N-dealkylation sites (tertiary alicyclic amines) is 1. The number of hydrogen-bond acceptors (Lipinski definition) is 3. The van der Waals surface area contributed by atoms with Crippen molar-refractivity contribution in [2.45, 2.75) is 32.7 Å². The average molecular weight is 271 g/mol. The Balaban J connectivity index is 2.29. The molecule has 1 heterocycles. The van der Waals surface area contributed by atoms with E-state index in [0.29, 0.717) is 12.5 Å². The number of amides is 2. The second-order valence-corrected chi connectivity index (χ2v) is 5.66. The van der Waals surface area contributed by atoms with Crippen LogP contribution in [0.4, 0.5) is 4.79 Å². The summed E-state index contributed by atoms with van der Waals surface area (Å²) in [5.41, 5.74) is 0. The molecule has 6 heteroatoms. The molecule has 0 aromatic heterocycles. The number of carbonyl (C=O) groups is 2. The van der Waals surface area contributed by atoms with E-state index in [1.165, 1.54) is 0 Å². The van der Waals surface area contributed by atoms with E-state index in [1.807, 2.05) is 0 Å². The van der Waals surface area contributed by atoms with Gasteiger partial charge in [0, 0.05) is 6.54 Å². The standard InChI is InChI=1S/C13H25N3O3/c1-9(2)11(12(17)18)15-13(19)14-8-10-4-6-16(3)7-5-10/h9-11H,4-8H2,1-3H3,(H,17,18)(H2,14,15,19). The number of aliphatic carboxylic acids is 1. The Hall–Kier alpha value is -1.30. The first-order valence-corrected chi connectivity index (χ1v) is 6.86. The number of nitrogens with one attached hydrogen (secondary N) is 2. The molecule has 3 N–H and O–H groups in total. The van der Waals surface area contributed by atoms with Crippen LogP contribution in [0.3, 0.4) is 0 Å². The Kier molecular flexibility index (Phi) is 6.08. The van der Waals surface area contributed by atoms with Gasteiger partial charge in [0.1, 0.15) is 6.04 Å². The Labute approximate surface area is 114 Å². The molecule has 1 unspecified atom stereocenters. The summed E-state index contributed by atoms with van der Waals surface area (Å²) in [6.07, 6.45) is 2.15. The van der Waals surface area contributed by atoms with Crippen LogP contribution < -0.4 is 10.6 Å². The van der Waals surface area contributed by atoms with Gasteiger partial charge in [-0.05, 0) is 44.8 Å². The van der Waals surface area contributed by atoms with Crippen molar-refractivity contribution in [1.29, 1.82) is 0 Å². The van der Waals surface area contributed by atoms with E-state index < -0.39 is 12.0 Å². The first-order chi connectivity index (χ1) is 8.90. The van der Waals surface area contributed by atoms with Crippen LogP contribution in [-0.4, -0.2) is 54.7 Å². The Bertz CT molecular complexity index is 312. The fraction of sp³-hybridized carbons (Fsp3) is 0.846. The molecule has 1 rings (SSSR count). The van der Waals surface area contributed by atoms with Gasteiger partial charge >= 0.3 is 12.0 Å². The molecular weight excluding hydrogens is 246 g/mol. The minimum atomic E-state index is -0.996. The van der Waals surface area contributed by atoms with E-state index >= 15 is 0 Å². The summed E-state index contributed by atoms with van der Waals surface area (Å²) >= 11 is 0. The summed E-state index contributed by atoms with van der Waals surface area (Å²) in [5.74, 6) is -0.639. The molecule has 19 heavy (non-hydrogen) atoms. The van der Waals surface area contributed by atoms with Gasteiger partial charge in [-0.15, -0.1) is 0 Å². The second kappa shape index (κ2) is 7.33. The van der Waals surface area contributed by atoms with E-state index in [4.69, 9.17) is 5.11 Å². The van der Waals surface area contributed by atoms with Crippen LogP contribution in [0.25, 0.3) is 0 Å². The van der Waals surface area contributed by atoms with Crippen molar-refractivity contribution in [2.24, 2.45) is 11.8 Å². The van der Waals surface area contributed by atoms with E-state index in [9.17, 15) is 9.59 Å². The second-order valence-electron chi connectivity index (χ2n) is 5.66. The predicted molar refractivity (Wildman–Crippen MR) is 73.0 cm³/mol. The quantitative estimate of drug-likeness (QED) is 0.689. The topological polar surface area (TPSA) is 81.7 Å². The van der Waals surface area contributed by atoms with Crippen molar-refractivity contribution in [3.05, 3.63) is 0 Å². The molecule has 0 aromatic rings. The third kappa shape index (κ3) is 5.46. The molecule has 1 aliphatic heterocycles. The number of carboxylic acid groups (broad SMARTS) is 1. The number of nitrogens with zero attached hydrogens (tertiary/aromatic N) is 1. The number of rotatable bonds is 5. The van der Waals surface area contributed by atoms with Gasteiger partial charge in [-0.3, -0.25) is 0 Å². The largest absolute Gasteiger partial charge is 0.480 e. The Morgan fingerprint density at radius 3 is 2.37 bits per heavy atom. The summed E-state index contributed by atoms with van der Waals surface area (Å²) in [7, 11) is 2.09. The average Bonchev–Trinajstić information content (AvgIpc) is 2.34. The first kappa shape index (κ1) is 15.8. The highest BCUT2D eigenvalue weighted by Gasteiger charge is 2.24. The highest BCUT2D eigenvalue weighted by Crippen LogP contribution is 2.14. The molecule has 1 atom stereocenters. The molecule has 0 bridgehead atoms. The van der Waals surface area contributed by atoms with Crippen LogP contribution in [-0.2, 0) is 4.79 Å². The molecule has 0 spiro atoms. The van der Waals surface area contributed by atoms with Crippen molar-refractivity contribution in [2.75, 3.05) is 26.7 Å². The maximum Gasteiger partial charge on any atom is 0.326 e. The molecule has 1 fully saturated rings. The molecule has 0 aliphatic carbocycles. The molecule has 1 aliphatic rings. The van der Waals surface area contributed by atoms with Gasteiger partial charge < -0.3 is 20.6 Å². The van der Waals surface area contributed by atoms with Gasteiger partial charge in [-0.2, -0.15) is 0 Å². The van der Waals surface area contributed by atoms with Crippen LogP contribution in [0.15, 0.2) is 0 Å². The monoisotopic (exact) mass is 271 g/mol. The molecular formula is C13H25N3O3. The van der Waals surface area contributed by atoms with Gasteiger partial charge in [-0.25, -0.2) is 9.59 Å². The number of carbonyl (C=O) groups excluding carboxylic acids is 1. The fourth-order valence-electron chi connectivity index (χ4n) is 2.21. The van der Waals surface area contributed by atoms with Crippen LogP contribution in [0.5, 0.6) is 0 Å². The predicted octanol–water partition coefficient (Wildman–Crippen LogP) is 0.737. The van der Waals surface area contributed by atoms with Crippen molar-refractivity contribution < 1.29 is 14.7 Å². The summed E-state index contributed by atoms with van der Waals surface area (Å²) < 4.78 is 0. The summed E-state index contributed by atoms with van der Waals surface area (Å²) in [6, 6.07) is -1.22. The molecule has 0 aromatic carbocycles. The lowest BCUT2D eigenvalue weighted by molar-refractivity contribution is -0.140. The van der Waals surface area contributed by atoms with Crippen molar-refractivity contribution in [3.63, 3.8) is 0 Å². The third-order valence-corrected chi connectivity index (χ3v) is 3.61. The zero-order chi connectivity index (χ0) is 14.4. The smallest absolute Gasteiger partial charge is 0.326 e. The van der Waals surface area contributed by atoms with Crippen molar-refractivity contribution in [3.8, 4) is 0 Å². The number of urea groups is 1. The van der Waals surface area contributed by atoms with Crippen LogP contribution in [0, 0.1) is 11.8 Å². The van der Waals surface area contributed by atoms with Gasteiger partial charge in [0.25, 0.3) is 0 Å². The van der Waals surface area contributed by atoms with Crippen LogP contribution >= 0.6 is 0 Å². The Morgan fingerprint density at radius 1 is 1.32 bits per heavy atom. The number of hydrogen-bond donors (Lipinski definition) is 3. The lowest BCUT2D eigenvalue weighted by Gasteiger charge is -2.29. The minimum absolute atomic E-state index is 0.133. The van der Waals surface area contributed by atoms with Crippen LogP contribution in [0.2, 0.25) is 0 Å². The first-order valence-electron chi connectivity index (χ1n) is 6.86. The molecule has 0 radical (unpaired) electrons. The van der Waals surface area contributed by atoms with Crippen molar-refractivity contribution in [1.82, 2.24) is 15.5 Å². The summed E-state index contributed by atoms with van der Waals surface area (Å²) in [6.45, 7) is 6.27. The Morgan fingerprint density at radius 2 is 1.89 bits per heavy atom. The van der Waals surface area contributed by atoms with E-state index in [-0.39, 0.29) is 11.9 Å². The minimum Gasteiger partial charge on any atom is -0.480 e. The number of carboxylic acids is 1. The molecule has 2 amide bonds. The van der Waals surface area contributed by atoms with Gasteiger partial charge in [0.15, 0.2) is 0 Å². The van der Waals surface area contributed by atoms with E-state index in [0.717, 1.165) is 25.9 Å². The van der Waals surface area contributed by atoms with E-state index in [2.05, 4.69) is 22.6 Å². The van der Waals surface area contributed by atoms with Gasteiger partial charge in [0.05, 0.1) is 0 Å². The molecule has 0 saturated carbocycles. The normalized spacial score (nSPS) is 19.2. The zero-order valence-electron chi connectivity index (χ0n) is 12.0. The van der Waals surface area contributed by atoms with Gasteiger partial charge in [-0.1, -0.05) is 13.8 Å². The van der Waals surface area contributed by atoms with Gasteiger partial charge in [0.2, 0.25) is 0 Å². The lowest BCUT2D eigenvalue weighted by Crippen LogP contribution is -2.49. The highest BCUT2D eigenvalue weighted by molar-refractivity contribution is 5.82. The highest BCUT2D eigenvalue weighted by atomic mass is 16.4. The third-order valence-electron chi connectivity index (χ3n) is 3.61. The summed E-state index contributed by atoms with van der Waals surface area (Å²) in [5, 5.41) is 14.3.